The van der Waals surface area contributed by atoms with Gasteiger partial charge in [0.15, 0.2) is 0 Å². The monoisotopic (exact) mass is 391 g/mol. The number of primary sulfonamides is 1. The Morgan fingerprint density at radius 2 is 1.78 bits per heavy atom. The summed E-state index contributed by atoms with van der Waals surface area (Å²) in [5.74, 6) is 0.673. The lowest BCUT2D eigenvalue weighted by molar-refractivity contribution is -0.122. The first-order valence-electron chi connectivity index (χ1n) is 8.54. The summed E-state index contributed by atoms with van der Waals surface area (Å²) in [6, 6.07) is 15.4. The summed E-state index contributed by atoms with van der Waals surface area (Å²) < 4.78 is 28.2. The number of sulfonamides is 1. The van der Waals surface area contributed by atoms with Gasteiger partial charge in [0.1, 0.15) is 12.4 Å². The normalized spacial score (nSPS) is 12.6. The molecular formula is C19H25N3O4S. The number of nitrogens with one attached hydrogen (secondary N) is 1. The van der Waals surface area contributed by atoms with Crippen LogP contribution in [0.25, 0.3) is 0 Å². The van der Waals surface area contributed by atoms with Crippen molar-refractivity contribution in [3.8, 4) is 5.75 Å². The first kappa shape index (κ1) is 20.9. The highest BCUT2D eigenvalue weighted by atomic mass is 32.2. The highest BCUT2D eigenvalue weighted by molar-refractivity contribution is 7.89. The average molecular weight is 391 g/mol. The SMILES string of the molecule is C[C@@H](NC(=O)CN(C)CCOc1ccccc1)c1ccc(S(N)(=O)=O)cc1. The summed E-state index contributed by atoms with van der Waals surface area (Å²) in [5.41, 5.74) is 0.797. The number of nitrogens with zero attached hydrogens (tertiary/aromatic N) is 1. The van der Waals surface area contributed by atoms with Crippen LogP contribution in [0.1, 0.15) is 18.5 Å². The fraction of sp³-hybridized carbons (Fsp3) is 0.316. The molecule has 3 N–H and O–H groups in total. The lowest BCUT2D eigenvalue weighted by Crippen LogP contribution is -2.38. The molecule has 2 aromatic rings. The van der Waals surface area contributed by atoms with E-state index in [9.17, 15) is 13.2 Å². The number of nitrogens with two attached hydrogens (primary N) is 1. The standard InChI is InChI=1S/C19H25N3O4S/c1-15(16-8-10-18(11-9-16)27(20,24)25)21-19(23)14-22(2)12-13-26-17-6-4-3-5-7-17/h3-11,15H,12-14H2,1-2H3,(H,21,23)(H2,20,24,25)/t15-/m1/s1. The van der Waals surface area contributed by atoms with Gasteiger partial charge in [-0.25, -0.2) is 13.6 Å². The Labute approximate surface area is 160 Å². The van der Waals surface area contributed by atoms with E-state index in [1.807, 2.05) is 49.2 Å². The Kier molecular flexibility index (Phi) is 7.35. The van der Waals surface area contributed by atoms with Crippen LogP contribution in [0.3, 0.4) is 0 Å². The van der Waals surface area contributed by atoms with E-state index >= 15 is 0 Å². The van der Waals surface area contributed by atoms with E-state index in [0.717, 1.165) is 11.3 Å². The van der Waals surface area contributed by atoms with Gasteiger partial charge in [-0.1, -0.05) is 30.3 Å². The molecule has 0 aliphatic heterocycles. The number of hydrogen-bond acceptors (Lipinski definition) is 5. The van der Waals surface area contributed by atoms with Crippen molar-refractivity contribution in [2.75, 3.05) is 26.7 Å². The molecule has 0 spiro atoms. The average Bonchev–Trinajstić information content (AvgIpc) is 2.61. The molecule has 0 aliphatic carbocycles. The molecule has 0 fully saturated rings. The lowest BCUT2D eigenvalue weighted by atomic mass is 10.1. The lowest BCUT2D eigenvalue weighted by Gasteiger charge is -2.19. The fourth-order valence-electron chi connectivity index (χ4n) is 2.48. The fourth-order valence-corrected chi connectivity index (χ4v) is 2.99. The van der Waals surface area contributed by atoms with E-state index in [1.54, 1.807) is 12.1 Å². The van der Waals surface area contributed by atoms with Crippen molar-refractivity contribution >= 4 is 15.9 Å². The van der Waals surface area contributed by atoms with Gasteiger partial charge in [-0.05, 0) is 43.8 Å². The molecule has 27 heavy (non-hydrogen) atoms. The molecular weight excluding hydrogens is 366 g/mol. The molecule has 7 nitrogen and oxygen atoms in total. The highest BCUT2D eigenvalue weighted by Gasteiger charge is 2.13. The van der Waals surface area contributed by atoms with Gasteiger partial charge in [0.2, 0.25) is 15.9 Å². The van der Waals surface area contributed by atoms with Gasteiger partial charge in [-0.2, -0.15) is 0 Å². The van der Waals surface area contributed by atoms with Crippen LogP contribution >= 0.6 is 0 Å². The van der Waals surface area contributed by atoms with Crippen LogP contribution in [0.4, 0.5) is 0 Å². The van der Waals surface area contributed by atoms with E-state index in [1.165, 1.54) is 12.1 Å². The summed E-state index contributed by atoms with van der Waals surface area (Å²) in [6.45, 7) is 3.16. The maximum absolute atomic E-state index is 12.2. The van der Waals surface area contributed by atoms with Crippen LogP contribution in [-0.4, -0.2) is 46.0 Å². The number of rotatable bonds is 9. The molecule has 2 rings (SSSR count). The quantitative estimate of drug-likeness (QED) is 0.675. The Morgan fingerprint density at radius 3 is 2.37 bits per heavy atom. The molecule has 0 heterocycles. The predicted molar refractivity (Wildman–Crippen MR) is 104 cm³/mol. The van der Waals surface area contributed by atoms with Crippen molar-refractivity contribution in [1.29, 1.82) is 0 Å². The Balaban J connectivity index is 1.77. The summed E-state index contributed by atoms with van der Waals surface area (Å²) in [6.07, 6.45) is 0. The second kappa shape index (κ2) is 9.50. The molecule has 0 radical (unpaired) electrons. The molecule has 1 atom stereocenters. The third-order valence-electron chi connectivity index (χ3n) is 3.98. The molecule has 0 aliphatic rings. The zero-order chi connectivity index (χ0) is 19.9. The zero-order valence-corrected chi connectivity index (χ0v) is 16.3. The zero-order valence-electron chi connectivity index (χ0n) is 15.5. The largest absolute Gasteiger partial charge is 0.492 e. The molecule has 0 unspecified atom stereocenters. The number of carbonyl (C=O) groups excluding carboxylic acids is 1. The maximum Gasteiger partial charge on any atom is 0.238 e. The number of para-hydroxylation sites is 1. The summed E-state index contributed by atoms with van der Waals surface area (Å²) in [5, 5.41) is 7.97. The van der Waals surface area contributed by atoms with E-state index < -0.39 is 10.0 Å². The molecule has 2 aromatic carbocycles. The third-order valence-corrected chi connectivity index (χ3v) is 4.91. The van der Waals surface area contributed by atoms with Crippen LogP contribution in [0.5, 0.6) is 5.75 Å². The number of amides is 1. The highest BCUT2D eigenvalue weighted by Crippen LogP contribution is 2.15. The Morgan fingerprint density at radius 1 is 1.15 bits per heavy atom. The summed E-state index contributed by atoms with van der Waals surface area (Å²) in [4.78, 5) is 14.1. The van der Waals surface area contributed by atoms with Crippen LogP contribution in [-0.2, 0) is 14.8 Å². The number of carbonyl (C=O) groups is 1. The van der Waals surface area contributed by atoms with Crippen LogP contribution in [0, 0.1) is 0 Å². The van der Waals surface area contributed by atoms with Crippen molar-refractivity contribution < 1.29 is 17.9 Å². The predicted octanol–water partition coefficient (Wildman–Crippen LogP) is 1.52. The van der Waals surface area contributed by atoms with Crippen LogP contribution in [0.15, 0.2) is 59.5 Å². The van der Waals surface area contributed by atoms with Crippen molar-refractivity contribution in [2.45, 2.75) is 17.9 Å². The first-order valence-corrected chi connectivity index (χ1v) is 10.1. The van der Waals surface area contributed by atoms with Gasteiger partial charge in [-0.15, -0.1) is 0 Å². The van der Waals surface area contributed by atoms with E-state index in [0.29, 0.717) is 13.2 Å². The number of benzene rings is 2. The molecule has 1 amide bonds. The van der Waals surface area contributed by atoms with Gasteiger partial charge >= 0.3 is 0 Å². The Hall–Kier alpha value is -2.42. The molecule has 8 heteroatoms. The first-order chi connectivity index (χ1) is 12.8. The topological polar surface area (TPSA) is 102 Å². The number of likely N-dealkylation sites (N-methyl/N-ethyl adjacent to an activating group) is 1. The second-order valence-electron chi connectivity index (χ2n) is 6.30. The number of ether oxygens (including phenoxy) is 1. The Bertz CT molecular complexity index is 839. The van der Waals surface area contributed by atoms with Crippen molar-refractivity contribution in [2.24, 2.45) is 5.14 Å². The van der Waals surface area contributed by atoms with Gasteiger partial charge < -0.3 is 10.1 Å². The maximum atomic E-state index is 12.2. The minimum Gasteiger partial charge on any atom is -0.492 e. The van der Waals surface area contributed by atoms with Crippen molar-refractivity contribution in [1.82, 2.24) is 10.2 Å². The van der Waals surface area contributed by atoms with Gasteiger partial charge in [0.05, 0.1) is 17.5 Å². The molecule has 0 bridgehead atoms. The van der Waals surface area contributed by atoms with Gasteiger partial charge in [0.25, 0.3) is 0 Å². The van der Waals surface area contributed by atoms with E-state index in [4.69, 9.17) is 9.88 Å². The van der Waals surface area contributed by atoms with Crippen molar-refractivity contribution in [3.63, 3.8) is 0 Å². The van der Waals surface area contributed by atoms with Crippen molar-refractivity contribution in [3.05, 3.63) is 60.2 Å². The van der Waals surface area contributed by atoms with E-state index in [2.05, 4.69) is 5.32 Å². The minimum absolute atomic E-state index is 0.0444. The van der Waals surface area contributed by atoms with Gasteiger partial charge in [-0.3, -0.25) is 9.69 Å². The third kappa shape index (κ3) is 7.01. The molecule has 0 saturated carbocycles. The minimum atomic E-state index is -3.72. The molecule has 0 aromatic heterocycles. The second-order valence-corrected chi connectivity index (χ2v) is 7.86. The molecule has 146 valence electrons. The molecule has 0 saturated heterocycles. The smallest absolute Gasteiger partial charge is 0.238 e. The van der Waals surface area contributed by atoms with E-state index in [-0.39, 0.29) is 23.4 Å². The van der Waals surface area contributed by atoms with Crippen LogP contribution < -0.4 is 15.2 Å². The van der Waals surface area contributed by atoms with Crippen LogP contribution in [0.2, 0.25) is 0 Å². The van der Waals surface area contributed by atoms with Gasteiger partial charge in [0, 0.05) is 6.54 Å². The number of hydrogen-bond donors (Lipinski definition) is 2. The summed E-state index contributed by atoms with van der Waals surface area (Å²) >= 11 is 0. The summed E-state index contributed by atoms with van der Waals surface area (Å²) in [7, 11) is -1.87.